The summed E-state index contributed by atoms with van der Waals surface area (Å²) in [6, 6.07) is 5.23. The molecule has 0 aliphatic heterocycles. The van der Waals surface area contributed by atoms with Crippen molar-refractivity contribution in [3.8, 4) is 0 Å². The molecule has 5 nitrogen and oxygen atoms in total. The van der Waals surface area contributed by atoms with E-state index in [0.29, 0.717) is 17.3 Å². The first kappa shape index (κ1) is 14.5. The normalized spacial score (nSPS) is 10.6. The number of carbonyl (C=O) groups excluding carboxylic acids is 1. The maximum absolute atomic E-state index is 11.8. The van der Waals surface area contributed by atoms with E-state index in [9.17, 15) is 4.79 Å². The monoisotopic (exact) mass is 292 g/mol. The molecule has 0 fully saturated rings. The van der Waals surface area contributed by atoms with E-state index in [1.165, 1.54) is 6.20 Å². The van der Waals surface area contributed by atoms with Crippen LogP contribution in [0.5, 0.6) is 0 Å². The van der Waals surface area contributed by atoms with Gasteiger partial charge in [0.1, 0.15) is 5.69 Å². The first-order valence-electron chi connectivity index (χ1n) is 6.47. The molecular weight excluding hydrogens is 276 g/mol. The van der Waals surface area contributed by atoms with Crippen LogP contribution in [-0.2, 0) is 6.54 Å². The van der Waals surface area contributed by atoms with Crippen molar-refractivity contribution >= 4 is 17.5 Å². The van der Waals surface area contributed by atoms with Gasteiger partial charge in [-0.05, 0) is 38.5 Å². The third kappa shape index (κ3) is 3.81. The van der Waals surface area contributed by atoms with Gasteiger partial charge in [-0.1, -0.05) is 11.6 Å². The second kappa shape index (κ2) is 6.52. The third-order valence-corrected chi connectivity index (χ3v) is 3.13. The maximum Gasteiger partial charge on any atom is 0.269 e. The molecule has 2 heterocycles. The summed E-state index contributed by atoms with van der Waals surface area (Å²) in [5.41, 5.74) is 2.48. The van der Waals surface area contributed by atoms with Crippen LogP contribution in [0.3, 0.4) is 0 Å². The molecular formula is C14H17ClN4O. The molecule has 0 bridgehead atoms. The zero-order chi connectivity index (χ0) is 14.5. The molecule has 0 unspecified atom stereocenters. The van der Waals surface area contributed by atoms with Gasteiger partial charge in [-0.2, -0.15) is 5.10 Å². The fourth-order valence-electron chi connectivity index (χ4n) is 1.95. The van der Waals surface area contributed by atoms with Crippen molar-refractivity contribution in [3.05, 3.63) is 46.5 Å². The number of rotatable bonds is 5. The number of carbonyl (C=O) groups is 1. The average molecular weight is 293 g/mol. The predicted molar refractivity (Wildman–Crippen MR) is 77.9 cm³/mol. The number of hydrogen-bond acceptors (Lipinski definition) is 3. The second-order valence-corrected chi connectivity index (χ2v) is 5.06. The summed E-state index contributed by atoms with van der Waals surface area (Å²) in [6.07, 6.45) is 2.33. The molecule has 2 aromatic rings. The van der Waals surface area contributed by atoms with Crippen molar-refractivity contribution in [3.63, 3.8) is 0 Å². The van der Waals surface area contributed by atoms with Crippen molar-refractivity contribution in [1.82, 2.24) is 20.1 Å². The van der Waals surface area contributed by atoms with Crippen molar-refractivity contribution in [2.45, 2.75) is 26.8 Å². The number of nitrogens with one attached hydrogen (secondary N) is 1. The maximum atomic E-state index is 11.8. The summed E-state index contributed by atoms with van der Waals surface area (Å²) in [4.78, 5) is 15.8. The van der Waals surface area contributed by atoms with Crippen LogP contribution in [0.4, 0.5) is 0 Å². The van der Waals surface area contributed by atoms with E-state index in [2.05, 4.69) is 15.4 Å². The van der Waals surface area contributed by atoms with Gasteiger partial charge < -0.3 is 5.32 Å². The van der Waals surface area contributed by atoms with E-state index in [4.69, 9.17) is 11.6 Å². The first-order valence-corrected chi connectivity index (χ1v) is 6.85. The van der Waals surface area contributed by atoms with Gasteiger partial charge >= 0.3 is 0 Å². The van der Waals surface area contributed by atoms with Gasteiger partial charge in [0.25, 0.3) is 5.91 Å². The Labute approximate surface area is 123 Å². The van der Waals surface area contributed by atoms with Gasteiger partial charge in [0.15, 0.2) is 0 Å². The second-order valence-electron chi connectivity index (χ2n) is 4.62. The smallest absolute Gasteiger partial charge is 0.269 e. The molecule has 0 radical (unpaired) electrons. The van der Waals surface area contributed by atoms with E-state index in [1.807, 2.05) is 24.6 Å². The zero-order valence-corrected chi connectivity index (χ0v) is 12.3. The number of halogens is 1. The molecule has 0 saturated heterocycles. The Morgan fingerprint density at radius 3 is 2.85 bits per heavy atom. The van der Waals surface area contributed by atoms with E-state index in [0.717, 1.165) is 24.4 Å². The number of nitrogens with zero attached hydrogens (tertiary/aromatic N) is 3. The molecule has 1 N–H and O–H groups in total. The Balaban J connectivity index is 1.79. The van der Waals surface area contributed by atoms with Gasteiger partial charge in [0.2, 0.25) is 0 Å². The Kier molecular flexibility index (Phi) is 4.74. The third-order valence-electron chi connectivity index (χ3n) is 2.89. The van der Waals surface area contributed by atoms with Gasteiger partial charge in [0, 0.05) is 30.0 Å². The van der Waals surface area contributed by atoms with Crippen LogP contribution >= 0.6 is 11.6 Å². The molecule has 0 aromatic carbocycles. The first-order chi connectivity index (χ1) is 9.56. The Morgan fingerprint density at radius 1 is 1.40 bits per heavy atom. The van der Waals surface area contributed by atoms with Gasteiger partial charge in [0.05, 0.1) is 5.69 Å². The summed E-state index contributed by atoms with van der Waals surface area (Å²) >= 11 is 5.82. The highest BCUT2D eigenvalue weighted by Gasteiger charge is 2.07. The fraction of sp³-hybridized carbons (Fsp3) is 0.357. The Bertz CT molecular complexity index is 609. The fourth-order valence-corrected chi connectivity index (χ4v) is 2.11. The molecule has 1 amide bonds. The number of aryl methyl sites for hydroxylation is 3. The summed E-state index contributed by atoms with van der Waals surface area (Å²) in [7, 11) is 0. The minimum Gasteiger partial charge on any atom is -0.351 e. The molecule has 0 spiro atoms. The molecule has 20 heavy (non-hydrogen) atoms. The van der Waals surface area contributed by atoms with Crippen molar-refractivity contribution < 1.29 is 4.79 Å². The molecule has 0 aliphatic carbocycles. The molecule has 0 saturated carbocycles. The van der Waals surface area contributed by atoms with Crippen molar-refractivity contribution in [2.24, 2.45) is 0 Å². The summed E-state index contributed by atoms with van der Waals surface area (Å²) in [5.74, 6) is -0.208. The Hall–Kier alpha value is -1.88. The predicted octanol–water partition coefficient (Wildman–Crippen LogP) is 2.37. The lowest BCUT2D eigenvalue weighted by molar-refractivity contribution is 0.0947. The number of pyridine rings is 1. The molecule has 2 aromatic heterocycles. The number of hydrogen-bond donors (Lipinski definition) is 1. The van der Waals surface area contributed by atoms with E-state index in [1.54, 1.807) is 12.1 Å². The average Bonchev–Trinajstić information content (AvgIpc) is 2.73. The summed E-state index contributed by atoms with van der Waals surface area (Å²) < 4.78 is 1.94. The van der Waals surface area contributed by atoms with Gasteiger partial charge in [-0.3, -0.25) is 14.5 Å². The lowest BCUT2D eigenvalue weighted by Gasteiger charge is -2.06. The highest BCUT2D eigenvalue weighted by molar-refractivity contribution is 6.30. The SMILES string of the molecule is Cc1cc(C)n(CCCNC(=O)c2cc(Cl)ccn2)n1. The lowest BCUT2D eigenvalue weighted by Crippen LogP contribution is -2.26. The summed E-state index contributed by atoms with van der Waals surface area (Å²) in [6.45, 7) is 5.35. The quantitative estimate of drug-likeness (QED) is 0.861. The number of amides is 1. The van der Waals surface area contributed by atoms with Crippen LogP contribution in [0, 0.1) is 13.8 Å². The van der Waals surface area contributed by atoms with E-state index >= 15 is 0 Å². The van der Waals surface area contributed by atoms with E-state index < -0.39 is 0 Å². The minimum atomic E-state index is -0.208. The van der Waals surface area contributed by atoms with Crippen LogP contribution in [0.2, 0.25) is 5.02 Å². The molecule has 0 aliphatic rings. The highest BCUT2D eigenvalue weighted by Crippen LogP contribution is 2.07. The summed E-state index contributed by atoms with van der Waals surface area (Å²) in [5, 5.41) is 7.70. The van der Waals surface area contributed by atoms with Crippen LogP contribution in [0.1, 0.15) is 28.3 Å². The minimum absolute atomic E-state index is 0.208. The van der Waals surface area contributed by atoms with Crippen LogP contribution in [-0.4, -0.2) is 27.2 Å². The van der Waals surface area contributed by atoms with E-state index in [-0.39, 0.29) is 5.91 Å². The van der Waals surface area contributed by atoms with Crippen LogP contribution in [0.25, 0.3) is 0 Å². The zero-order valence-electron chi connectivity index (χ0n) is 11.6. The van der Waals surface area contributed by atoms with Crippen molar-refractivity contribution in [2.75, 3.05) is 6.54 Å². The topological polar surface area (TPSA) is 59.8 Å². The van der Waals surface area contributed by atoms with Gasteiger partial charge in [-0.15, -0.1) is 0 Å². The molecule has 2 rings (SSSR count). The standard InChI is InChI=1S/C14H17ClN4O/c1-10-8-11(2)19(18-10)7-3-5-17-14(20)13-9-12(15)4-6-16-13/h4,6,8-9H,3,5,7H2,1-2H3,(H,17,20). The van der Waals surface area contributed by atoms with Crippen LogP contribution in [0.15, 0.2) is 24.4 Å². The molecule has 106 valence electrons. The van der Waals surface area contributed by atoms with Gasteiger partial charge in [-0.25, -0.2) is 0 Å². The Morgan fingerprint density at radius 2 is 2.20 bits per heavy atom. The molecule has 0 atom stereocenters. The lowest BCUT2D eigenvalue weighted by atomic mass is 10.3. The highest BCUT2D eigenvalue weighted by atomic mass is 35.5. The van der Waals surface area contributed by atoms with Crippen LogP contribution < -0.4 is 5.32 Å². The molecule has 6 heteroatoms. The number of aromatic nitrogens is 3. The van der Waals surface area contributed by atoms with Crippen molar-refractivity contribution in [1.29, 1.82) is 0 Å². The largest absolute Gasteiger partial charge is 0.351 e.